The number of fused-ring (bicyclic) bond motifs is 1. The van der Waals surface area contributed by atoms with Crippen LogP contribution in [0, 0.1) is 11.8 Å². The molecule has 4 N–H and O–H groups in total. The number of hydrogen-bond donors (Lipinski definition) is 3. The summed E-state index contributed by atoms with van der Waals surface area (Å²) >= 11 is 6.25. The van der Waals surface area contributed by atoms with Crippen molar-refractivity contribution in [3.8, 4) is 5.75 Å². The highest BCUT2D eigenvalue weighted by Gasteiger charge is 2.53. The standard InChI is InChI=1S/C27H32ClN5O3.C2HF3O2/c1-26(2)12-22(34)33(25(29)32-26)23(15-9-16(28)14-30-13-15)18-10-19(18)24(35)31-20-11-27(3,4)36-21-8-6-5-7-17(20)21;3-2(4,5)1(6)7/h5-9,13-14,18-20,23H,10-12H2,1-4H3,(H2,29,32)(H,31,35);(H,6,7)/t18-,19-,20-,23?;/m1./s1. The number of alkyl halides is 3. The summed E-state index contributed by atoms with van der Waals surface area (Å²) in [7, 11) is 0. The molecule has 1 saturated carbocycles. The lowest BCUT2D eigenvalue weighted by Gasteiger charge is -2.38. The predicted molar refractivity (Wildman–Crippen MR) is 151 cm³/mol. The summed E-state index contributed by atoms with van der Waals surface area (Å²) in [6.07, 6.45) is -0.342. The predicted octanol–water partition coefficient (Wildman–Crippen LogP) is 4.79. The molecule has 1 aliphatic carbocycles. The second-order valence-electron chi connectivity index (χ2n) is 12.1. The number of aliphatic carboxylic acids is 1. The fraction of sp³-hybridized carbons (Fsp3) is 0.483. The SMILES string of the molecule is CC1(C)CC(=O)N(C(c2cncc(Cl)c2)[C@@H]2C[C@H]2C(=O)N[C@@H]2CC(C)(C)Oc3ccccc32)C(N)=N1.O=C(O)C(F)(F)F. The van der Waals surface area contributed by atoms with Crippen LogP contribution < -0.4 is 15.8 Å². The zero-order valence-corrected chi connectivity index (χ0v) is 24.7. The lowest BCUT2D eigenvalue weighted by molar-refractivity contribution is -0.192. The molecule has 2 aromatic rings. The lowest BCUT2D eigenvalue weighted by Crippen LogP contribution is -2.52. The zero-order chi connectivity index (χ0) is 31.9. The number of aromatic nitrogens is 1. The Morgan fingerprint density at radius 2 is 1.86 bits per heavy atom. The summed E-state index contributed by atoms with van der Waals surface area (Å²) in [5.41, 5.74) is 7.07. The van der Waals surface area contributed by atoms with Crippen LogP contribution in [0.1, 0.15) is 70.2 Å². The Morgan fingerprint density at radius 1 is 1.21 bits per heavy atom. The van der Waals surface area contributed by atoms with E-state index >= 15 is 0 Å². The van der Waals surface area contributed by atoms with Crippen LogP contribution >= 0.6 is 11.6 Å². The van der Waals surface area contributed by atoms with Crippen molar-refractivity contribution in [1.29, 1.82) is 0 Å². The second-order valence-corrected chi connectivity index (χ2v) is 12.5. The Hall–Kier alpha value is -3.87. The molecule has 1 fully saturated rings. The Morgan fingerprint density at radius 3 is 2.47 bits per heavy atom. The monoisotopic (exact) mass is 623 g/mol. The number of carbonyl (C=O) groups is 3. The van der Waals surface area contributed by atoms with Gasteiger partial charge in [-0.05, 0) is 57.7 Å². The molecule has 5 rings (SSSR count). The van der Waals surface area contributed by atoms with E-state index in [1.54, 1.807) is 18.5 Å². The third-order valence-corrected chi connectivity index (χ3v) is 7.59. The van der Waals surface area contributed by atoms with E-state index in [4.69, 9.17) is 32.0 Å². The summed E-state index contributed by atoms with van der Waals surface area (Å²) in [6.45, 7) is 7.81. The van der Waals surface area contributed by atoms with Crippen molar-refractivity contribution >= 4 is 35.3 Å². The van der Waals surface area contributed by atoms with Crippen LogP contribution in [0.25, 0.3) is 0 Å². The van der Waals surface area contributed by atoms with E-state index in [1.165, 1.54) is 4.90 Å². The fourth-order valence-electron chi connectivity index (χ4n) is 5.54. The number of nitrogens with two attached hydrogens (primary N) is 1. The summed E-state index contributed by atoms with van der Waals surface area (Å²) in [5, 5.41) is 10.8. The molecule has 232 valence electrons. The number of aliphatic imine (C=N–C) groups is 1. The van der Waals surface area contributed by atoms with Crippen molar-refractivity contribution in [3.63, 3.8) is 0 Å². The van der Waals surface area contributed by atoms with Gasteiger partial charge in [-0.25, -0.2) is 9.79 Å². The first-order valence-corrected chi connectivity index (χ1v) is 13.9. The summed E-state index contributed by atoms with van der Waals surface area (Å²) < 4.78 is 37.8. The zero-order valence-electron chi connectivity index (χ0n) is 24.0. The number of guanidine groups is 1. The highest BCUT2D eigenvalue weighted by Crippen LogP contribution is 2.52. The molecule has 0 bridgehead atoms. The molecule has 3 heterocycles. The van der Waals surface area contributed by atoms with E-state index in [0.717, 1.165) is 16.9 Å². The maximum atomic E-state index is 13.5. The van der Waals surface area contributed by atoms with Crippen molar-refractivity contribution in [2.75, 3.05) is 0 Å². The lowest BCUT2D eigenvalue weighted by atomic mass is 9.89. The number of pyridine rings is 1. The third kappa shape index (κ3) is 7.56. The van der Waals surface area contributed by atoms with Gasteiger partial charge in [0, 0.05) is 30.3 Å². The second kappa shape index (κ2) is 11.7. The Kier molecular flexibility index (Phi) is 8.70. The van der Waals surface area contributed by atoms with Gasteiger partial charge in [0.25, 0.3) is 0 Å². The molecule has 3 aliphatic rings. The van der Waals surface area contributed by atoms with E-state index in [-0.39, 0.29) is 42.1 Å². The van der Waals surface area contributed by atoms with E-state index < -0.39 is 29.3 Å². The average molecular weight is 624 g/mol. The first-order chi connectivity index (χ1) is 19.9. The fourth-order valence-corrected chi connectivity index (χ4v) is 5.72. The van der Waals surface area contributed by atoms with Crippen LogP contribution in [0.4, 0.5) is 13.2 Å². The molecule has 1 aromatic heterocycles. The number of benzene rings is 1. The quantitative estimate of drug-likeness (QED) is 0.434. The number of hydrogen-bond acceptors (Lipinski definition) is 7. The topological polar surface area (TPSA) is 147 Å². The number of carbonyl (C=O) groups excluding carboxylic acids is 2. The molecule has 14 heteroatoms. The highest BCUT2D eigenvalue weighted by atomic mass is 35.5. The van der Waals surface area contributed by atoms with Crippen LogP contribution in [-0.4, -0.2) is 56.0 Å². The summed E-state index contributed by atoms with van der Waals surface area (Å²) in [6, 6.07) is 8.96. The van der Waals surface area contributed by atoms with Crippen molar-refractivity contribution in [2.24, 2.45) is 22.6 Å². The van der Waals surface area contributed by atoms with Crippen LogP contribution in [0.15, 0.2) is 47.7 Å². The number of ether oxygens (including phenoxy) is 1. The number of amides is 2. The Bertz CT molecular complexity index is 1450. The third-order valence-electron chi connectivity index (χ3n) is 7.38. The van der Waals surface area contributed by atoms with Gasteiger partial charge < -0.3 is 20.9 Å². The largest absolute Gasteiger partial charge is 0.490 e. The van der Waals surface area contributed by atoms with Gasteiger partial charge in [-0.15, -0.1) is 0 Å². The smallest absolute Gasteiger partial charge is 0.487 e. The van der Waals surface area contributed by atoms with Crippen LogP contribution in [0.2, 0.25) is 5.02 Å². The number of rotatable bonds is 5. The van der Waals surface area contributed by atoms with Gasteiger partial charge in [0.05, 0.1) is 29.1 Å². The van der Waals surface area contributed by atoms with Crippen LogP contribution in [0.3, 0.4) is 0 Å². The van der Waals surface area contributed by atoms with E-state index in [2.05, 4.69) is 15.3 Å². The van der Waals surface area contributed by atoms with Crippen molar-refractivity contribution in [2.45, 2.75) is 76.4 Å². The first-order valence-electron chi connectivity index (χ1n) is 13.5. The molecular formula is C29H33ClF3N5O5. The van der Waals surface area contributed by atoms with Gasteiger partial charge in [0.15, 0.2) is 5.96 Å². The first kappa shape index (κ1) is 32.1. The average Bonchev–Trinajstić information content (AvgIpc) is 3.65. The number of halogens is 4. The van der Waals surface area contributed by atoms with Gasteiger partial charge in [0.2, 0.25) is 11.8 Å². The number of carboxylic acids is 1. The molecule has 1 unspecified atom stereocenters. The van der Waals surface area contributed by atoms with E-state index in [0.29, 0.717) is 17.9 Å². The van der Waals surface area contributed by atoms with Crippen LogP contribution in [0.5, 0.6) is 5.75 Å². The minimum Gasteiger partial charge on any atom is -0.487 e. The molecule has 4 atom stereocenters. The van der Waals surface area contributed by atoms with Crippen molar-refractivity contribution in [3.05, 3.63) is 58.9 Å². The van der Waals surface area contributed by atoms with E-state index in [1.807, 2.05) is 52.0 Å². The van der Waals surface area contributed by atoms with Gasteiger partial charge in [-0.1, -0.05) is 29.8 Å². The molecule has 2 amide bonds. The maximum absolute atomic E-state index is 13.5. The summed E-state index contributed by atoms with van der Waals surface area (Å²) in [4.78, 5) is 46.0. The van der Waals surface area contributed by atoms with Crippen molar-refractivity contribution in [1.82, 2.24) is 15.2 Å². The van der Waals surface area contributed by atoms with Crippen molar-refractivity contribution < 1.29 is 37.4 Å². The van der Waals surface area contributed by atoms with E-state index in [9.17, 15) is 22.8 Å². The molecule has 0 saturated heterocycles. The Labute approximate surface area is 251 Å². The molecule has 43 heavy (non-hydrogen) atoms. The Balaban J connectivity index is 0.000000541. The maximum Gasteiger partial charge on any atom is 0.490 e. The normalized spacial score (nSPS) is 24.3. The summed E-state index contributed by atoms with van der Waals surface area (Å²) in [5.74, 6) is -2.38. The number of carboxylic acid groups (broad SMARTS) is 1. The molecule has 0 spiro atoms. The minimum absolute atomic E-state index is 0.0437. The number of nitrogens with one attached hydrogen (secondary N) is 1. The molecule has 10 nitrogen and oxygen atoms in total. The minimum atomic E-state index is -5.08. The van der Waals surface area contributed by atoms with Gasteiger partial charge in [-0.3, -0.25) is 19.5 Å². The van der Waals surface area contributed by atoms with Gasteiger partial charge >= 0.3 is 12.1 Å². The highest BCUT2D eigenvalue weighted by molar-refractivity contribution is 6.30. The number of para-hydroxylation sites is 1. The molecule has 1 aromatic carbocycles. The van der Waals surface area contributed by atoms with Gasteiger partial charge in [0.1, 0.15) is 11.4 Å². The molecular weight excluding hydrogens is 591 g/mol. The van der Waals surface area contributed by atoms with Gasteiger partial charge in [-0.2, -0.15) is 13.2 Å². The van der Waals surface area contributed by atoms with Crippen LogP contribution in [-0.2, 0) is 14.4 Å². The number of nitrogens with zero attached hydrogens (tertiary/aromatic N) is 3. The molecule has 2 aliphatic heterocycles. The molecule has 0 radical (unpaired) electrons.